The number of halogens is 2. The van der Waals surface area contributed by atoms with Crippen molar-refractivity contribution >= 4 is 39.9 Å². The van der Waals surface area contributed by atoms with Gasteiger partial charge in [0, 0.05) is 9.77 Å². The number of thiazole rings is 1. The summed E-state index contributed by atoms with van der Waals surface area (Å²) in [4.78, 5) is 16.7. The zero-order valence-electron chi connectivity index (χ0n) is 11.2. The molecule has 2 rings (SSSR count). The molecule has 0 atom stereocenters. The van der Waals surface area contributed by atoms with E-state index in [4.69, 9.17) is 0 Å². The Morgan fingerprint density at radius 2 is 2.14 bits per heavy atom. The van der Waals surface area contributed by atoms with E-state index in [0.717, 1.165) is 0 Å². The molecule has 1 aromatic heterocycles. The SMILES string of the molecule is COC(=O)c1nc(Nc2ccccc2SC(F)F)sc1C. The van der Waals surface area contributed by atoms with Crippen molar-refractivity contribution in [2.45, 2.75) is 17.6 Å². The fourth-order valence-electron chi connectivity index (χ4n) is 1.62. The Morgan fingerprint density at radius 3 is 2.81 bits per heavy atom. The molecule has 0 bridgehead atoms. The molecule has 0 aliphatic carbocycles. The zero-order valence-corrected chi connectivity index (χ0v) is 12.9. The van der Waals surface area contributed by atoms with E-state index in [1.54, 1.807) is 31.2 Å². The first-order chi connectivity index (χ1) is 10.0. The third kappa shape index (κ3) is 3.92. The van der Waals surface area contributed by atoms with E-state index in [0.29, 0.717) is 32.4 Å². The normalized spacial score (nSPS) is 10.7. The molecular formula is C13H12F2N2O2S2. The first-order valence-corrected chi connectivity index (χ1v) is 7.57. The number of carbonyl (C=O) groups is 1. The van der Waals surface area contributed by atoms with Gasteiger partial charge in [-0.2, -0.15) is 8.78 Å². The van der Waals surface area contributed by atoms with Crippen LogP contribution in [-0.2, 0) is 4.74 Å². The number of esters is 1. The van der Waals surface area contributed by atoms with Gasteiger partial charge in [0.2, 0.25) is 0 Å². The number of ether oxygens (including phenoxy) is 1. The van der Waals surface area contributed by atoms with Gasteiger partial charge >= 0.3 is 5.97 Å². The Bertz CT molecular complexity index is 647. The summed E-state index contributed by atoms with van der Waals surface area (Å²) in [6.45, 7) is 1.74. The highest BCUT2D eigenvalue weighted by Gasteiger charge is 2.17. The lowest BCUT2D eigenvalue weighted by Gasteiger charge is -2.08. The maximum Gasteiger partial charge on any atom is 0.357 e. The monoisotopic (exact) mass is 330 g/mol. The van der Waals surface area contributed by atoms with Crippen molar-refractivity contribution in [1.82, 2.24) is 4.98 Å². The van der Waals surface area contributed by atoms with Gasteiger partial charge in [0.15, 0.2) is 10.8 Å². The van der Waals surface area contributed by atoms with Crippen LogP contribution < -0.4 is 5.32 Å². The van der Waals surface area contributed by atoms with E-state index in [1.165, 1.54) is 18.4 Å². The van der Waals surface area contributed by atoms with Crippen LogP contribution in [0.25, 0.3) is 0 Å². The lowest BCUT2D eigenvalue weighted by Crippen LogP contribution is -2.03. The minimum atomic E-state index is -2.50. The van der Waals surface area contributed by atoms with Crippen LogP contribution in [0.5, 0.6) is 0 Å². The second kappa shape index (κ2) is 6.86. The average Bonchev–Trinajstić information content (AvgIpc) is 2.80. The van der Waals surface area contributed by atoms with Crippen LogP contribution >= 0.6 is 23.1 Å². The van der Waals surface area contributed by atoms with Gasteiger partial charge in [0.05, 0.1) is 12.8 Å². The number of anilines is 2. The molecule has 0 saturated heterocycles. The van der Waals surface area contributed by atoms with Crippen molar-refractivity contribution < 1.29 is 18.3 Å². The minimum absolute atomic E-state index is 0.226. The maximum atomic E-state index is 12.5. The number of para-hydroxylation sites is 1. The molecule has 0 aliphatic rings. The number of hydrogen-bond acceptors (Lipinski definition) is 6. The topological polar surface area (TPSA) is 51.2 Å². The summed E-state index contributed by atoms with van der Waals surface area (Å²) in [7, 11) is 1.28. The number of hydrogen-bond donors (Lipinski definition) is 1. The van der Waals surface area contributed by atoms with E-state index in [1.807, 2.05) is 0 Å². The molecule has 112 valence electrons. The number of alkyl halides is 2. The Hall–Kier alpha value is -1.67. The van der Waals surface area contributed by atoms with Gasteiger partial charge in [-0.05, 0) is 19.1 Å². The first kappa shape index (κ1) is 15.7. The molecule has 0 aliphatic heterocycles. The van der Waals surface area contributed by atoms with Crippen LogP contribution in [0.2, 0.25) is 0 Å². The molecule has 0 fully saturated rings. The number of rotatable bonds is 5. The number of methoxy groups -OCH3 is 1. The number of benzene rings is 1. The molecule has 1 heterocycles. The second-order valence-electron chi connectivity index (χ2n) is 3.92. The number of carbonyl (C=O) groups excluding carboxylic acids is 1. The number of aryl methyl sites for hydroxylation is 1. The van der Waals surface area contributed by atoms with Gasteiger partial charge in [0.1, 0.15) is 0 Å². The summed E-state index contributed by atoms with van der Waals surface area (Å²) in [5.74, 6) is -3.02. The van der Waals surface area contributed by atoms with E-state index in [2.05, 4.69) is 15.0 Å². The highest BCUT2D eigenvalue weighted by Crippen LogP contribution is 2.34. The smallest absolute Gasteiger partial charge is 0.357 e. The molecule has 1 aromatic carbocycles. The van der Waals surface area contributed by atoms with Gasteiger partial charge in [-0.15, -0.1) is 11.3 Å². The Balaban J connectivity index is 2.24. The van der Waals surface area contributed by atoms with Crippen molar-refractivity contribution in [2.75, 3.05) is 12.4 Å². The molecule has 0 spiro atoms. The highest BCUT2D eigenvalue weighted by molar-refractivity contribution is 7.99. The van der Waals surface area contributed by atoms with Gasteiger partial charge < -0.3 is 10.1 Å². The summed E-state index contributed by atoms with van der Waals surface area (Å²) in [5, 5.41) is 3.42. The highest BCUT2D eigenvalue weighted by atomic mass is 32.2. The largest absolute Gasteiger partial charge is 0.464 e. The van der Waals surface area contributed by atoms with Crippen molar-refractivity contribution in [3.63, 3.8) is 0 Å². The van der Waals surface area contributed by atoms with Crippen molar-refractivity contribution in [1.29, 1.82) is 0 Å². The van der Waals surface area contributed by atoms with Gasteiger partial charge in [-0.1, -0.05) is 23.9 Å². The summed E-state index contributed by atoms with van der Waals surface area (Å²) >= 11 is 1.72. The molecule has 2 aromatic rings. The Kier molecular flexibility index (Phi) is 5.13. The van der Waals surface area contributed by atoms with Gasteiger partial charge in [0.25, 0.3) is 5.76 Å². The van der Waals surface area contributed by atoms with Crippen molar-refractivity contribution in [3.8, 4) is 0 Å². The first-order valence-electron chi connectivity index (χ1n) is 5.88. The molecule has 0 amide bonds. The van der Waals surface area contributed by atoms with E-state index >= 15 is 0 Å². The van der Waals surface area contributed by atoms with Crippen LogP contribution in [0.3, 0.4) is 0 Å². The quantitative estimate of drug-likeness (QED) is 0.654. The summed E-state index contributed by atoms with van der Waals surface area (Å²) < 4.78 is 29.7. The fourth-order valence-corrected chi connectivity index (χ4v) is 3.03. The molecule has 1 N–H and O–H groups in total. The zero-order chi connectivity index (χ0) is 15.4. The minimum Gasteiger partial charge on any atom is -0.464 e. The van der Waals surface area contributed by atoms with Crippen LogP contribution in [-0.4, -0.2) is 23.8 Å². The van der Waals surface area contributed by atoms with Gasteiger partial charge in [-0.3, -0.25) is 0 Å². The van der Waals surface area contributed by atoms with E-state index in [9.17, 15) is 13.6 Å². The van der Waals surface area contributed by atoms with Crippen LogP contribution in [0.4, 0.5) is 19.6 Å². The number of nitrogens with one attached hydrogen (secondary N) is 1. The second-order valence-corrected chi connectivity index (χ2v) is 6.15. The molecule has 0 saturated carbocycles. The fraction of sp³-hybridized carbons (Fsp3) is 0.231. The van der Waals surface area contributed by atoms with Crippen molar-refractivity contribution in [3.05, 3.63) is 34.8 Å². The Morgan fingerprint density at radius 1 is 1.43 bits per heavy atom. The lowest BCUT2D eigenvalue weighted by molar-refractivity contribution is 0.0594. The predicted molar refractivity (Wildman–Crippen MR) is 79.8 cm³/mol. The predicted octanol–water partition coefficient (Wildman–Crippen LogP) is 4.30. The van der Waals surface area contributed by atoms with Crippen LogP contribution in [0.1, 0.15) is 15.4 Å². The van der Waals surface area contributed by atoms with Crippen LogP contribution in [0.15, 0.2) is 29.2 Å². The summed E-state index contributed by atoms with van der Waals surface area (Å²) in [5.41, 5.74) is 0.747. The molecule has 8 heteroatoms. The van der Waals surface area contributed by atoms with Crippen LogP contribution in [0, 0.1) is 6.92 Å². The molecule has 0 unspecified atom stereocenters. The number of nitrogens with zero attached hydrogens (tertiary/aromatic N) is 1. The molecular weight excluding hydrogens is 318 g/mol. The van der Waals surface area contributed by atoms with Crippen molar-refractivity contribution in [2.24, 2.45) is 0 Å². The van der Waals surface area contributed by atoms with E-state index in [-0.39, 0.29) is 5.69 Å². The third-order valence-electron chi connectivity index (χ3n) is 2.52. The van der Waals surface area contributed by atoms with Gasteiger partial charge in [-0.25, -0.2) is 9.78 Å². The number of thioether (sulfide) groups is 1. The maximum absolute atomic E-state index is 12.5. The lowest BCUT2D eigenvalue weighted by atomic mass is 10.3. The molecule has 21 heavy (non-hydrogen) atoms. The molecule has 4 nitrogen and oxygen atoms in total. The standard InChI is InChI=1S/C13H12F2N2O2S2/c1-7-10(11(18)19-2)17-13(20-7)16-8-5-3-4-6-9(8)21-12(14)15/h3-6,12H,1-2H3,(H,16,17). The average molecular weight is 330 g/mol. The summed E-state index contributed by atoms with van der Waals surface area (Å²) in [6.07, 6.45) is 0. The van der Waals surface area contributed by atoms with E-state index < -0.39 is 11.7 Å². The molecule has 0 radical (unpaired) electrons. The summed E-state index contributed by atoms with van der Waals surface area (Å²) in [6, 6.07) is 6.70. The number of aromatic nitrogens is 1. The third-order valence-corrected chi connectivity index (χ3v) is 4.19. The Labute approximate surface area is 128 Å².